The lowest BCUT2D eigenvalue weighted by atomic mass is 9.80. The Morgan fingerprint density at radius 2 is 0.878 bits per heavy atom. The first-order valence-corrected chi connectivity index (χ1v) is 34.9. The lowest BCUT2D eigenvalue weighted by Gasteiger charge is -2.43. The number of benzene rings is 6. The van der Waals surface area contributed by atoms with Gasteiger partial charge in [-0.2, -0.15) is 0 Å². The first kappa shape index (κ1) is 62.9. The van der Waals surface area contributed by atoms with Gasteiger partial charge in [0.2, 0.25) is 11.8 Å². The van der Waals surface area contributed by atoms with Gasteiger partial charge in [-0.15, -0.1) is 22.7 Å². The first-order valence-electron chi connectivity index (χ1n) is 31.6. The molecule has 0 unspecified atom stereocenters. The predicted molar refractivity (Wildman–Crippen MR) is 392 cm³/mol. The maximum atomic E-state index is 14.4. The quantitative estimate of drug-likeness (QED) is 0.0594. The summed E-state index contributed by atoms with van der Waals surface area (Å²) >= 11 is 6.54. The number of fused-ring (bicyclic) bond motifs is 4. The molecular weight excluding hydrogens is 1300 g/mol. The standard InChI is InChI=1S/C78H58N12O4S4/c1-47-66(88-74(95-47)52-29-35-56(36-30-52)83-71(93)62(43-48-19-7-3-8-20-48)85-69(91)54-33-39-60(81-45-54)58-27-15-17-41-79-58)78-67(89-76(98-78)51-25-13-6-14-26-51)64-65(96-73(87-64)50-23-11-5-12-24-50)68-77(78,2)97-75(90-68)53-31-37-57(38-32-53)84-72(94)63(44-49-21-9-4-10-22-49)86-70(92)55-34-40-61(82-46-55)59-28-16-18-42-80-59/h3-42,45-46,62-63H,43-44H2,1-2H3,(H,83,93)(H,84,94)(H,85,91)(H,86,92)/t62-,63-,77-,78-/m1/s1. The number of aryl methyl sites for hydroxylation is 1. The molecule has 20 heteroatoms. The van der Waals surface area contributed by atoms with Crippen molar-refractivity contribution in [3.63, 3.8) is 0 Å². The topological polar surface area (TPSA) is 218 Å². The Bertz CT molecular complexity index is 5190. The monoisotopic (exact) mass is 1350 g/mol. The molecule has 4 amide bonds. The van der Waals surface area contributed by atoms with Crippen LogP contribution in [0.25, 0.3) is 55.3 Å². The van der Waals surface area contributed by atoms with E-state index in [4.69, 9.17) is 20.0 Å². The average molecular weight is 1360 g/mol. The Morgan fingerprint density at radius 1 is 0.439 bits per heavy atom. The number of carbonyl (C=O) groups excluding carboxylic acids is 4. The van der Waals surface area contributed by atoms with Crippen molar-refractivity contribution in [1.82, 2.24) is 40.5 Å². The number of aromatic nitrogens is 6. The summed E-state index contributed by atoms with van der Waals surface area (Å²) in [5.41, 5.74) is 12.2. The van der Waals surface area contributed by atoms with Gasteiger partial charge in [-0.05, 0) is 110 Å². The molecule has 12 aromatic rings. The van der Waals surface area contributed by atoms with Gasteiger partial charge in [0.15, 0.2) is 0 Å². The molecule has 1 aliphatic carbocycles. The van der Waals surface area contributed by atoms with Gasteiger partial charge in [0, 0.05) is 76.1 Å². The molecule has 3 aliphatic rings. The zero-order chi connectivity index (χ0) is 66.7. The van der Waals surface area contributed by atoms with Crippen LogP contribution in [0.5, 0.6) is 0 Å². The number of thioether (sulfide) groups is 2. The normalized spacial score (nSPS) is 16.5. The van der Waals surface area contributed by atoms with Crippen molar-refractivity contribution in [3.8, 4) is 43.9 Å². The molecule has 0 fully saturated rings. The number of nitrogens with one attached hydrogen (secondary N) is 4. The largest absolute Gasteiger partial charge is 0.340 e. The highest BCUT2D eigenvalue weighted by Gasteiger charge is 2.65. The van der Waals surface area contributed by atoms with Crippen LogP contribution in [-0.4, -0.2) is 80.5 Å². The van der Waals surface area contributed by atoms with Crippen LogP contribution in [0.2, 0.25) is 0 Å². The van der Waals surface area contributed by atoms with E-state index in [1.54, 1.807) is 82.9 Å². The van der Waals surface area contributed by atoms with Crippen molar-refractivity contribution in [1.29, 1.82) is 0 Å². The Labute approximate surface area is 580 Å². The first-order chi connectivity index (χ1) is 47.9. The van der Waals surface area contributed by atoms with Crippen molar-refractivity contribution in [2.45, 2.75) is 48.3 Å². The maximum absolute atomic E-state index is 14.4. The van der Waals surface area contributed by atoms with Gasteiger partial charge >= 0.3 is 0 Å². The molecule has 4 atom stereocenters. The van der Waals surface area contributed by atoms with Gasteiger partial charge in [0.25, 0.3) is 11.8 Å². The van der Waals surface area contributed by atoms with E-state index in [2.05, 4.69) is 79.3 Å². The third kappa shape index (κ3) is 12.6. The van der Waals surface area contributed by atoms with E-state index in [-0.39, 0.29) is 24.7 Å². The Morgan fingerprint density at radius 3 is 1.38 bits per heavy atom. The number of nitrogens with zero attached hydrogens (tertiary/aromatic N) is 8. The van der Waals surface area contributed by atoms with E-state index < -0.39 is 33.4 Å². The second kappa shape index (κ2) is 27.2. The number of thiazole rings is 2. The molecule has 15 rings (SSSR count). The molecule has 0 saturated carbocycles. The molecule has 2 aliphatic heterocycles. The Hall–Kier alpha value is -11.2. The van der Waals surface area contributed by atoms with E-state index in [1.807, 2.05) is 182 Å². The number of anilines is 2. The average Bonchev–Trinajstić information content (AvgIpc) is 1.50. The molecule has 16 nitrogen and oxygen atoms in total. The number of hydrogen-bond acceptors (Lipinski definition) is 16. The summed E-state index contributed by atoms with van der Waals surface area (Å²) in [6.45, 7) is 4.37. The lowest BCUT2D eigenvalue weighted by Crippen LogP contribution is -2.53. The summed E-state index contributed by atoms with van der Waals surface area (Å²) in [5.74, 6) is -1.64. The number of rotatable bonds is 19. The van der Waals surface area contributed by atoms with Crippen LogP contribution in [0, 0.1) is 6.92 Å². The van der Waals surface area contributed by atoms with Crippen molar-refractivity contribution < 1.29 is 19.2 Å². The summed E-state index contributed by atoms with van der Waals surface area (Å²) in [5, 5.41) is 16.1. The zero-order valence-electron chi connectivity index (χ0n) is 52.7. The van der Waals surface area contributed by atoms with Crippen molar-refractivity contribution in [3.05, 3.63) is 309 Å². The van der Waals surface area contributed by atoms with Gasteiger partial charge in [-0.25, -0.2) is 20.0 Å². The molecule has 0 bridgehead atoms. The van der Waals surface area contributed by atoms with E-state index >= 15 is 0 Å². The molecule has 98 heavy (non-hydrogen) atoms. The van der Waals surface area contributed by atoms with E-state index in [0.717, 1.165) is 85.3 Å². The van der Waals surface area contributed by atoms with Crippen LogP contribution in [0.4, 0.5) is 11.4 Å². The minimum absolute atomic E-state index is 0.247. The smallest absolute Gasteiger partial charge is 0.253 e. The Kier molecular flexibility index (Phi) is 17.4. The second-order valence-corrected chi connectivity index (χ2v) is 28.5. The number of carbonyl (C=O) groups is 4. The number of pyridine rings is 4. The lowest BCUT2D eigenvalue weighted by molar-refractivity contribution is -0.118. The van der Waals surface area contributed by atoms with Gasteiger partial charge in [0.1, 0.15) is 42.3 Å². The van der Waals surface area contributed by atoms with Crippen LogP contribution in [0.3, 0.4) is 0 Å². The number of hydrogen-bond donors (Lipinski definition) is 4. The fourth-order valence-electron chi connectivity index (χ4n) is 12.2. The van der Waals surface area contributed by atoms with Crippen molar-refractivity contribution in [2.24, 2.45) is 9.98 Å². The molecule has 6 aromatic carbocycles. The SMILES string of the molecule is Cc1sc(-c2ccc(NC(=O)[C@@H](Cc3ccccc3)NC(=O)c3ccc(-c4ccccn4)nc3)cc2)nc1[C@@]12SC(c3ccccc3)=NC1=c1nc(-c3ccccc3)sc1=C1N=C(c3ccc(NC(=O)[C@@H](Cc4ccccc4)NC(=O)c4ccc(-c5ccccn5)nc4)cc3)S[C@]12C. The third-order valence-electron chi connectivity index (χ3n) is 17.2. The zero-order valence-corrected chi connectivity index (χ0v) is 55.9. The molecule has 478 valence electrons. The van der Waals surface area contributed by atoms with E-state index in [0.29, 0.717) is 45.3 Å². The highest BCUT2D eigenvalue weighted by Crippen LogP contribution is 2.68. The summed E-state index contributed by atoms with van der Waals surface area (Å²) < 4.78 is -0.892. The van der Waals surface area contributed by atoms with Crippen molar-refractivity contribution >= 4 is 103 Å². The van der Waals surface area contributed by atoms with Crippen LogP contribution < -0.4 is 31.1 Å². The molecule has 0 saturated heterocycles. The molecule has 6 aromatic heterocycles. The van der Waals surface area contributed by atoms with Gasteiger partial charge in [0.05, 0.1) is 60.3 Å². The van der Waals surface area contributed by atoms with Crippen LogP contribution in [0.1, 0.15) is 60.5 Å². The highest BCUT2D eigenvalue weighted by atomic mass is 32.2. The van der Waals surface area contributed by atoms with E-state index in [9.17, 15) is 19.2 Å². The Balaban J connectivity index is 0.731. The van der Waals surface area contributed by atoms with Crippen LogP contribution >= 0.6 is 46.2 Å². The number of aliphatic imine (C=N–C) groups is 2. The summed E-state index contributed by atoms with van der Waals surface area (Å²) in [6.07, 6.45) is 6.86. The molecule has 4 N–H and O–H groups in total. The minimum atomic E-state index is -0.982. The van der Waals surface area contributed by atoms with E-state index in [1.165, 1.54) is 12.4 Å². The van der Waals surface area contributed by atoms with Gasteiger partial charge in [-0.1, -0.05) is 169 Å². The molecule has 0 radical (unpaired) electrons. The third-order valence-corrected chi connectivity index (χ3v) is 22.5. The summed E-state index contributed by atoms with van der Waals surface area (Å²) in [6, 6.07) is 71.0. The van der Waals surface area contributed by atoms with Crippen LogP contribution in [-0.2, 0) is 27.2 Å². The molecule has 8 heterocycles. The summed E-state index contributed by atoms with van der Waals surface area (Å²) in [7, 11) is 0. The molecule has 0 spiro atoms. The molecular formula is C78H58N12O4S4. The summed E-state index contributed by atoms with van der Waals surface area (Å²) in [4.78, 5) is 97.6. The predicted octanol–water partition coefficient (Wildman–Crippen LogP) is 13.4. The van der Waals surface area contributed by atoms with Gasteiger partial charge < -0.3 is 21.3 Å². The number of amides is 4. The fraction of sp³-hybridized carbons (Fsp3) is 0.103. The van der Waals surface area contributed by atoms with Crippen LogP contribution in [0.15, 0.2) is 265 Å². The second-order valence-electron chi connectivity index (χ2n) is 23.7. The maximum Gasteiger partial charge on any atom is 0.253 e. The fourth-order valence-corrected chi connectivity index (χ4v) is 17.6. The minimum Gasteiger partial charge on any atom is -0.340 e. The van der Waals surface area contributed by atoms with Gasteiger partial charge in [-0.3, -0.25) is 39.1 Å². The highest BCUT2D eigenvalue weighted by molar-refractivity contribution is 8.20. The van der Waals surface area contributed by atoms with Crippen molar-refractivity contribution in [2.75, 3.05) is 10.6 Å².